The minimum atomic E-state index is -0.148. The zero-order valence-electron chi connectivity index (χ0n) is 12.9. The van der Waals surface area contributed by atoms with E-state index in [0.717, 1.165) is 11.3 Å². The largest absolute Gasteiger partial charge is 0.497 e. The first-order chi connectivity index (χ1) is 11.7. The molecule has 24 heavy (non-hydrogen) atoms. The molecule has 3 aromatic rings. The van der Waals surface area contributed by atoms with E-state index in [1.54, 1.807) is 31.4 Å². The molecule has 0 aliphatic heterocycles. The van der Waals surface area contributed by atoms with Gasteiger partial charge in [-0.15, -0.1) is 10.2 Å². The molecular weight excluding hydrogens is 326 g/mol. The second-order valence-electron chi connectivity index (χ2n) is 4.80. The van der Waals surface area contributed by atoms with Crippen molar-refractivity contribution in [3.8, 4) is 17.2 Å². The number of ether oxygens (including phenoxy) is 1. The number of benzene rings is 2. The van der Waals surface area contributed by atoms with Crippen molar-refractivity contribution in [2.75, 3.05) is 18.2 Å². The van der Waals surface area contributed by atoms with Crippen LogP contribution in [-0.2, 0) is 4.79 Å². The van der Waals surface area contributed by atoms with Crippen LogP contribution in [0.5, 0.6) is 5.75 Å². The fourth-order valence-electron chi connectivity index (χ4n) is 1.96. The summed E-state index contributed by atoms with van der Waals surface area (Å²) in [4.78, 5) is 12.0. The number of methoxy groups -OCH3 is 1. The van der Waals surface area contributed by atoms with Crippen LogP contribution in [0.3, 0.4) is 0 Å². The summed E-state index contributed by atoms with van der Waals surface area (Å²) in [6, 6.07) is 16.6. The van der Waals surface area contributed by atoms with E-state index in [2.05, 4.69) is 15.5 Å². The lowest BCUT2D eigenvalue weighted by Crippen LogP contribution is -2.13. The normalized spacial score (nSPS) is 10.4. The number of nitrogens with one attached hydrogen (secondary N) is 1. The molecule has 0 bridgehead atoms. The van der Waals surface area contributed by atoms with E-state index < -0.39 is 0 Å². The van der Waals surface area contributed by atoms with Crippen LogP contribution in [0.15, 0.2) is 64.2 Å². The number of nitrogens with zero attached hydrogens (tertiary/aromatic N) is 2. The summed E-state index contributed by atoms with van der Waals surface area (Å²) in [7, 11) is 1.60. The molecule has 0 unspecified atom stereocenters. The minimum Gasteiger partial charge on any atom is -0.497 e. The van der Waals surface area contributed by atoms with Gasteiger partial charge in [-0.2, -0.15) is 0 Å². The van der Waals surface area contributed by atoms with Gasteiger partial charge < -0.3 is 14.5 Å². The van der Waals surface area contributed by atoms with Crippen molar-refractivity contribution in [1.82, 2.24) is 10.2 Å². The summed E-state index contributed by atoms with van der Waals surface area (Å²) >= 11 is 1.19. The molecular formula is C17H15N3O3S. The van der Waals surface area contributed by atoms with E-state index in [0.29, 0.717) is 16.8 Å². The Morgan fingerprint density at radius 3 is 2.58 bits per heavy atom. The zero-order chi connectivity index (χ0) is 16.8. The van der Waals surface area contributed by atoms with E-state index in [9.17, 15) is 4.79 Å². The summed E-state index contributed by atoms with van der Waals surface area (Å²) in [5.74, 6) is 1.21. The zero-order valence-corrected chi connectivity index (χ0v) is 13.7. The number of carbonyl (C=O) groups is 1. The molecule has 3 rings (SSSR count). The van der Waals surface area contributed by atoms with Crippen molar-refractivity contribution in [2.45, 2.75) is 5.22 Å². The molecule has 122 valence electrons. The van der Waals surface area contributed by atoms with Crippen molar-refractivity contribution in [3.05, 3.63) is 54.6 Å². The van der Waals surface area contributed by atoms with E-state index in [1.807, 2.05) is 30.3 Å². The quantitative estimate of drug-likeness (QED) is 0.692. The highest BCUT2D eigenvalue weighted by molar-refractivity contribution is 7.99. The van der Waals surface area contributed by atoms with Crippen molar-refractivity contribution in [3.63, 3.8) is 0 Å². The highest BCUT2D eigenvalue weighted by Crippen LogP contribution is 2.23. The van der Waals surface area contributed by atoms with E-state index in [4.69, 9.17) is 9.15 Å². The van der Waals surface area contributed by atoms with Gasteiger partial charge in [-0.05, 0) is 36.4 Å². The summed E-state index contributed by atoms with van der Waals surface area (Å²) in [5.41, 5.74) is 1.55. The van der Waals surface area contributed by atoms with Gasteiger partial charge in [-0.25, -0.2) is 0 Å². The SMILES string of the molecule is COc1ccc(NC(=O)CSc2nnc(-c3ccccc3)o2)cc1. The van der Waals surface area contributed by atoms with Crippen LogP contribution < -0.4 is 10.1 Å². The first-order valence-corrected chi connectivity index (χ1v) is 8.19. The second kappa shape index (κ2) is 7.65. The third kappa shape index (κ3) is 4.14. The van der Waals surface area contributed by atoms with Gasteiger partial charge in [0.1, 0.15) is 5.75 Å². The van der Waals surface area contributed by atoms with Crippen LogP contribution in [0.2, 0.25) is 0 Å². The molecule has 0 spiro atoms. The van der Waals surface area contributed by atoms with Gasteiger partial charge in [-0.1, -0.05) is 30.0 Å². The molecule has 0 radical (unpaired) electrons. The highest BCUT2D eigenvalue weighted by Gasteiger charge is 2.11. The number of anilines is 1. The summed E-state index contributed by atoms with van der Waals surface area (Å²) < 4.78 is 10.6. The molecule has 0 aliphatic rings. The smallest absolute Gasteiger partial charge is 0.277 e. The van der Waals surface area contributed by atoms with Crippen LogP contribution in [0.4, 0.5) is 5.69 Å². The minimum absolute atomic E-state index is 0.148. The Kier molecular flexibility index (Phi) is 5.12. The third-order valence-corrected chi connectivity index (χ3v) is 3.95. The van der Waals surface area contributed by atoms with E-state index in [1.165, 1.54) is 11.8 Å². The molecule has 2 aromatic carbocycles. The molecule has 7 heteroatoms. The Bertz CT molecular complexity index is 803. The lowest BCUT2D eigenvalue weighted by atomic mass is 10.2. The maximum absolute atomic E-state index is 12.0. The number of rotatable bonds is 6. The molecule has 0 atom stereocenters. The second-order valence-corrected chi connectivity index (χ2v) is 5.73. The Balaban J connectivity index is 1.53. The monoisotopic (exact) mass is 341 g/mol. The van der Waals surface area contributed by atoms with Gasteiger partial charge in [0.05, 0.1) is 12.9 Å². The summed E-state index contributed by atoms with van der Waals surface area (Å²) in [6.07, 6.45) is 0. The van der Waals surface area contributed by atoms with Gasteiger partial charge in [0.25, 0.3) is 5.22 Å². The average molecular weight is 341 g/mol. The third-order valence-electron chi connectivity index (χ3n) is 3.13. The van der Waals surface area contributed by atoms with Crippen LogP contribution in [0.25, 0.3) is 11.5 Å². The first-order valence-electron chi connectivity index (χ1n) is 7.20. The molecule has 6 nitrogen and oxygen atoms in total. The van der Waals surface area contributed by atoms with Crippen molar-refractivity contribution >= 4 is 23.4 Å². The van der Waals surface area contributed by atoms with E-state index >= 15 is 0 Å². The van der Waals surface area contributed by atoms with Gasteiger partial charge >= 0.3 is 0 Å². The molecule has 1 amide bonds. The lowest BCUT2D eigenvalue weighted by molar-refractivity contribution is -0.113. The molecule has 1 N–H and O–H groups in total. The number of hydrogen-bond donors (Lipinski definition) is 1. The standard InChI is InChI=1S/C17H15N3O3S/c1-22-14-9-7-13(8-10-14)18-15(21)11-24-17-20-19-16(23-17)12-5-3-2-4-6-12/h2-10H,11H2,1H3,(H,18,21). The number of carbonyl (C=O) groups excluding carboxylic acids is 1. The van der Waals surface area contributed by atoms with Gasteiger partial charge in [0, 0.05) is 11.3 Å². The molecule has 1 aromatic heterocycles. The molecule has 0 saturated carbocycles. The molecule has 0 saturated heterocycles. The number of aromatic nitrogens is 2. The highest BCUT2D eigenvalue weighted by atomic mass is 32.2. The van der Waals surface area contributed by atoms with Crippen LogP contribution >= 0.6 is 11.8 Å². The van der Waals surface area contributed by atoms with Crippen molar-refractivity contribution in [2.24, 2.45) is 0 Å². The first kappa shape index (κ1) is 16.1. The summed E-state index contributed by atoms with van der Waals surface area (Å²) in [5, 5.41) is 11.1. The number of hydrogen-bond acceptors (Lipinski definition) is 6. The Morgan fingerprint density at radius 1 is 1.12 bits per heavy atom. The Labute approximate surface area is 143 Å². The fourth-order valence-corrected chi connectivity index (χ4v) is 2.53. The Morgan fingerprint density at radius 2 is 1.88 bits per heavy atom. The number of thioether (sulfide) groups is 1. The lowest BCUT2D eigenvalue weighted by Gasteiger charge is -2.05. The van der Waals surface area contributed by atoms with E-state index in [-0.39, 0.29) is 11.7 Å². The molecule has 1 heterocycles. The van der Waals surface area contributed by atoms with Gasteiger partial charge in [0.2, 0.25) is 11.8 Å². The van der Waals surface area contributed by atoms with Crippen molar-refractivity contribution in [1.29, 1.82) is 0 Å². The summed E-state index contributed by atoms with van der Waals surface area (Å²) in [6.45, 7) is 0. The molecule has 0 fully saturated rings. The van der Waals surface area contributed by atoms with Gasteiger partial charge in [0.15, 0.2) is 0 Å². The van der Waals surface area contributed by atoms with Crippen LogP contribution in [0.1, 0.15) is 0 Å². The topological polar surface area (TPSA) is 77.2 Å². The Hall–Kier alpha value is -2.80. The van der Waals surface area contributed by atoms with Gasteiger partial charge in [-0.3, -0.25) is 4.79 Å². The van der Waals surface area contributed by atoms with Crippen LogP contribution in [0, 0.1) is 0 Å². The van der Waals surface area contributed by atoms with Crippen molar-refractivity contribution < 1.29 is 13.9 Å². The fraction of sp³-hybridized carbons (Fsp3) is 0.118. The molecule has 0 aliphatic carbocycles. The number of amides is 1. The maximum Gasteiger partial charge on any atom is 0.277 e. The maximum atomic E-state index is 12.0. The predicted octanol–water partition coefficient (Wildman–Crippen LogP) is 3.48. The predicted molar refractivity (Wildman–Crippen MR) is 92.1 cm³/mol. The average Bonchev–Trinajstić information content (AvgIpc) is 3.10. The van der Waals surface area contributed by atoms with Crippen LogP contribution in [-0.4, -0.2) is 29.0 Å².